The van der Waals surface area contributed by atoms with E-state index in [4.69, 9.17) is 9.72 Å². The number of aryl methyl sites for hydroxylation is 1. The van der Waals surface area contributed by atoms with Crippen molar-refractivity contribution in [2.45, 2.75) is 39.7 Å². The summed E-state index contributed by atoms with van der Waals surface area (Å²) in [5, 5.41) is 5.98. The minimum Gasteiger partial charge on any atom is -0.493 e. The van der Waals surface area contributed by atoms with E-state index in [1.165, 1.54) is 5.56 Å². The number of thiazole rings is 1. The van der Waals surface area contributed by atoms with Crippen LogP contribution < -0.4 is 10.1 Å². The van der Waals surface area contributed by atoms with Gasteiger partial charge >= 0.3 is 0 Å². The maximum absolute atomic E-state index is 11.1. The van der Waals surface area contributed by atoms with Gasteiger partial charge in [0.2, 0.25) is 5.91 Å². The lowest BCUT2D eigenvalue weighted by Gasteiger charge is -2.12. The first-order valence-electron chi connectivity index (χ1n) is 9.61. The van der Waals surface area contributed by atoms with E-state index in [-0.39, 0.29) is 11.9 Å². The highest BCUT2D eigenvalue weighted by Gasteiger charge is 2.11. The summed E-state index contributed by atoms with van der Waals surface area (Å²) in [6.07, 6.45) is 1.86. The maximum Gasteiger partial charge on any atom is 0.217 e. The first-order chi connectivity index (χ1) is 13.6. The van der Waals surface area contributed by atoms with E-state index in [0.29, 0.717) is 6.61 Å². The molecule has 0 aliphatic rings. The van der Waals surface area contributed by atoms with Crippen LogP contribution >= 0.6 is 11.3 Å². The van der Waals surface area contributed by atoms with Gasteiger partial charge in [0.25, 0.3) is 0 Å². The Kier molecular flexibility index (Phi) is 6.82. The summed E-state index contributed by atoms with van der Waals surface area (Å²) >= 11 is 1.63. The van der Waals surface area contributed by atoms with Gasteiger partial charge in [0, 0.05) is 23.9 Å². The molecule has 146 valence electrons. The molecule has 0 spiro atoms. The number of nitrogens with one attached hydrogen (secondary N) is 1. The lowest BCUT2D eigenvalue weighted by atomic mass is 10.0. The summed E-state index contributed by atoms with van der Waals surface area (Å²) in [5.41, 5.74) is 4.38. The number of benzene rings is 2. The van der Waals surface area contributed by atoms with E-state index in [9.17, 15) is 4.79 Å². The zero-order chi connectivity index (χ0) is 19.9. The third kappa shape index (κ3) is 5.20. The van der Waals surface area contributed by atoms with Gasteiger partial charge in [-0.1, -0.05) is 36.4 Å². The molecule has 1 amide bonds. The third-order valence-corrected chi connectivity index (χ3v) is 5.36. The van der Waals surface area contributed by atoms with Gasteiger partial charge in [-0.15, -0.1) is 11.3 Å². The highest BCUT2D eigenvalue weighted by molar-refractivity contribution is 7.13. The molecule has 5 heteroatoms. The number of hydrogen-bond donors (Lipinski definition) is 1. The van der Waals surface area contributed by atoms with Crippen molar-refractivity contribution >= 4 is 17.2 Å². The molecule has 0 fully saturated rings. The Balaban J connectivity index is 1.69. The molecular weight excluding hydrogens is 368 g/mol. The molecule has 1 heterocycles. The van der Waals surface area contributed by atoms with Crippen LogP contribution in [-0.2, 0) is 11.2 Å². The van der Waals surface area contributed by atoms with Crippen molar-refractivity contribution in [3.05, 3.63) is 59.5 Å². The Bertz CT molecular complexity index is 918. The molecule has 0 bridgehead atoms. The van der Waals surface area contributed by atoms with Crippen molar-refractivity contribution in [2.24, 2.45) is 0 Å². The van der Waals surface area contributed by atoms with Crippen LogP contribution in [0.1, 0.15) is 32.8 Å². The van der Waals surface area contributed by atoms with Gasteiger partial charge < -0.3 is 10.1 Å². The molecule has 0 radical (unpaired) electrons. The number of carbonyl (C=O) groups is 1. The summed E-state index contributed by atoms with van der Waals surface area (Å²) in [6.45, 7) is 6.21. The average Bonchev–Trinajstić information content (AvgIpc) is 3.17. The zero-order valence-electron chi connectivity index (χ0n) is 16.6. The quantitative estimate of drug-likeness (QED) is 0.561. The maximum atomic E-state index is 11.1. The summed E-state index contributed by atoms with van der Waals surface area (Å²) in [6, 6.07) is 16.7. The van der Waals surface area contributed by atoms with Gasteiger partial charge in [-0.25, -0.2) is 4.98 Å². The van der Waals surface area contributed by atoms with Crippen LogP contribution in [0.5, 0.6) is 5.75 Å². The number of ether oxygens (including phenoxy) is 1. The van der Waals surface area contributed by atoms with Crippen molar-refractivity contribution < 1.29 is 9.53 Å². The second kappa shape index (κ2) is 9.51. The molecule has 0 saturated carbocycles. The molecule has 1 unspecified atom stereocenters. The Morgan fingerprint density at radius 1 is 1.18 bits per heavy atom. The molecule has 0 aliphatic heterocycles. The SMILES string of the molecule is CCOc1ccccc1-c1nc(-c2ccc(CCC(C)NC(C)=O)cc2)cs1. The summed E-state index contributed by atoms with van der Waals surface area (Å²) < 4.78 is 5.73. The molecule has 2 aromatic carbocycles. The minimum absolute atomic E-state index is 0.0214. The number of aromatic nitrogens is 1. The van der Waals surface area contributed by atoms with E-state index in [2.05, 4.69) is 35.0 Å². The lowest BCUT2D eigenvalue weighted by Crippen LogP contribution is -2.30. The third-order valence-electron chi connectivity index (χ3n) is 4.49. The molecular formula is C23H26N2O2S. The highest BCUT2D eigenvalue weighted by atomic mass is 32.1. The fourth-order valence-electron chi connectivity index (χ4n) is 3.10. The van der Waals surface area contributed by atoms with Crippen molar-refractivity contribution in [2.75, 3.05) is 6.61 Å². The van der Waals surface area contributed by atoms with Gasteiger partial charge in [-0.3, -0.25) is 4.79 Å². The molecule has 1 aromatic heterocycles. The monoisotopic (exact) mass is 394 g/mol. The number of carbonyl (C=O) groups excluding carboxylic acids is 1. The van der Waals surface area contributed by atoms with Crippen molar-refractivity contribution in [1.82, 2.24) is 10.3 Å². The van der Waals surface area contributed by atoms with Gasteiger partial charge in [-0.05, 0) is 44.4 Å². The molecule has 0 saturated heterocycles. The van der Waals surface area contributed by atoms with Crippen LogP contribution in [0.25, 0.3) is 21.8 Å². The molecule has 0 aliphatic carbocycles. The Hall–Kier alpha value is -2.66. The van der Waals surface area contributed by atoms with E-state index in [0.717, 1.165) is 40.4 Å². The molecule has 28 heavy (non-hydrogen) atoms. The predicted octanol–water partition coefficient (Wildman–Crippen LogP) is 5.33. The zero-order valence-corrected chi connectivity index (χ0v) is 17.4. The molecule has 4 nitrogen and oxygen atoms in total. The van der Waals surface area contributed by atoms with Crippen LogP contribution in [-0.4, -0.2) is 23.5 Å². The predicted molar refractivity (Wildman–Crippen MR) is 116 cm³/mol. The smallest absolute Gasteiger partial charge is 0.217 e. The van der Waals surface area contributed by atoms with Gasteiger partial charge in [-0.2, -0.15) is 0 Å². The minimum atomic E-state index is 0.0214. The normalized spacial score (nSPS) is 11.8. The average molecular weight is 395 g/mol. The second-order valence-corrected chi connectivity index (χ2v) is 7.66. The first-order valence-corrected chi connectivity index (χ1v) is 10.5. The Morgan fingerprint density at radius 2 is 1.93 bits per heavy atom. The standard InChI is InChI=1S/C23H26N2O2S/c1-4-27-22-8-6-5-7-20(22)23-25-21(15-28-23)19-13-11-18(12-14-19)10-9-16(2)24-17(3)26/h5-8,11-16H,4,9-10H2,1-3H3,(H,24,26). The molecule has 1 N–H and O–H groups in total. The summed E-state index contributed by atoms with van der Waals surface area (Å²) in [7, 11) is 0. The largest absolute Gasteiger partial charge is 0.493 e. The van der Waals surface area contributed by atoms with Crippen LogP contribution in [0.3, 0.4) is 0 Å². The van der Waals surface area contributed by atoms with Crippen molar-refractivity contribution in [3.63, 3.8) is 0 Å². The molecule has 3 aromatic rings. The number of hydrogen-bond acceptors (Lipinski definition) is 4. The summed E-state index contributed by atoms with van der Waals surface area (Å²) in [5.74, 6) is 0.891. The van der Waals surface area contributed by atoms with E-state index in [1.54, 1.807) is 18.3 Å². The van der Waals surface area contributed by atoms with Gasteiger partial charge in [0.1, 0.15) is 10.8 Å². The fourth-order valence-corrected chi connectivity index (χ4v) is 3.96. The number of amides is 1. The second-order valence-electron chi connectivity index (χ2n) is 6.80. The topological polar surface area (TPSA) is 51.2 Å². The highest BCUT2D eigenvalue weighted by Crippen LogP contribution is 2.34. The first kappa shape index (κ1) is 20.1. The van der Waals surface area contributed by atoms with Crippen LogP contribution in [0.4, 0.5) is 0 Å². The number of rotatable bonds is 8. The fraction of sp³-hybridized carbons (Fsp3) is 0.304. The molecule has 1 atom stereocenters. The molecule has 3 rings (SSSR count). The van der Waals surface area contributed by atoms with Crippen molar-refractivity contribution in [3.8, 4) is 27.6 Å². The Morgan fingerprint density at radius 3 is 2.64 bits per heavy atom. The van der Waals surface area contributed by atoms with Crippen LogP contribution in [0.2, 0.25) is 0 Å². The Labute approximate surface area is 170 Å². The van der Waals surface area contributed by atoms with Crippen LogP contribution in [0, 0.1) is 0 Å². The van der Waals surface area contributed by atoms with E-state index in [1.807, 2.05) is 38.1 Å². The number of para-hydroxylation sites is 1. The lowest BCUT2D eigenvalue weighted by molar-refractivity contribution is -0.119. The van der Waals surface area contributed by atoms with Gasteiger partial charge in [0.15, 0.2) is 0 Å². The van der Waals surface area contributed by atoms with E-state index < -0.39 is 0 Å². The van der Waals surface area contributed by atoms with E-state index >= 15 is 0 Å². The van der Waals surface area contributed by atoms with Crippen molar-refractivity contribution in [1.29, 1.82) is 0 Å². The summed E-state index contributed by atoms with van der Waals surface area (Å²) in [4.78, 5) is 15.9. The number of nitrogens with zero attached hydrogens (tertiary/aromatic N) is 1. The van der Waals surface area contributed by atoms with Gasteiger partial charge in [0.05, 0.1) is 17.9 Å². The van der Waals surface area contributed by atoms with Crippen LogP contribution in [0.15, 0.2) is 53.9 Å².